The summed E-state index contributed by atoms with van der Waals surface area (Å²) in [6, 6.07) is 20.2. The van der Waals surface area contributed by atoms with Crippen molar-refractivity contribution in [2.24, 2.45) is 0 Å². The summed E-state index contributed by atoms with van der Waals surface area (Å²) < 4.78 is 7.18. The summed E-state index contributed by atoms with van der Waals surface area (Å²) in [6.45, 7) is 1.89. The summed E-state index contributed by atoms with van der Waals surface area (Å²) in [5, 5.41) is 6.91. The summed E-state index contributed by atoms with van der Waals surface area (Å²) in [5.74, 6) is 0.746. The maximum atomic E-state index is 12.4. The second-order valence-corrected chi connectivity index (χ2v) is 5.04. The highest BCUT2D eigenvalue weighted by Crippen LogP contribution is 2.21. The van der Waals surface area contributed by atoms with Gasteiger partial charge in [0, 0.05) is 11.9 Å². The third-order valence-electron chi connectivity index (χ3n) is 3.36. The standard InChI is InChI=1S/C18H17N3O2/c1-14(23-16-10-6-3-7-11-16)17-12-13-19-21(17)18(22)20-15-8-4-2-5-9-15/h2-14H,1H3,(H,20,22)/t14-/m0/s1. The van der Waals surface area contributed by atoms with E-state index < -0.39 is 0 Å². The first-order valence-corrected chi connectivity index (χ1v) is 7.36. The third-order valence-corrected chi connectivity index (χ3v) is 3.36. The summed E-state index contributed by atoms with van der Waals surface area (Å²) in [4.78, 5) is 12.4. The number of carbonyl (C=O) groups excluding carboxylic acids is 1. The number of aromatic nitrogens is 2. The lowest BCUT2D eigenvalue weighted by Crippen LogP contribution is -2.24. The Hall–Kier alpha value is -3.08. The van der Waals surface area contributed by atoms with E-state index in [1.807, 2.05) is 67.6 Å². The lowest BCUT2D eigenvalue weighted by atomic mass is 10.2. The van der Waals surface area contributed by atoms with Gasteiger partial charge in [-0.15, -0.1) is 0 Å². The lowest BCUT2D eigenvalue weighted by molar-refractivity contribution is 0.212. The topological polar surface area (TPSA) is 56.2 Å². The van der Waals surface area contributed by atoms with Crippen LogP contribution in [0.5, 0.6) is 5.75 Å². The van der Waals surface area contributed by atoms with Crippen LogP contribution in [0.3, 0.4) is 0 Å². The van der Waals surface area contributed by atoms with Gasteiger partial charge in [0.05, 0.1) is 5.69 Å². The van der Waals surface area contributed by atoms with Crippen LogP contribution in [0.15, 0.2) is 72.9 Å². The minimum atomic E-state index is -0.320. The molecule has 0 saturated carbocycles. The number of benzene rings is 2. The first-order valence-electron chi connectivity index (χ1n) is 7.36. The van der Waals surface area contributed by atoms with Gasteiger partial charge in [-0.05, 0) is 37.3 Å². The first-order chi connectivity index (χ1) is 11.2. The molecule has 0 aliphatic carbocycles. The zero-order valence-corrected chi connectivity index (χ0v) is 12.7. The van der Waals surface area contributed by atoms with Crippen LogP contribution in [-0.2, 0) is 0 Å². The normalized spacial score (nSPS) is 11.7. The van der Waals surface area contributed by atoms with E-state index in [2.05, 4.69) is 10.4 Å². The highest BCUT2D eigenvalue weighted by Gasteiger charge is 2.17. The second kappa shape index (κ2) is 6.79. The third kappa shape index (κ3) is 3.58. The van der Waals surface area contributed by atoms with E-state index in [0.29, 0.717) is 5.69 Å². The van der Waals surface area contributed by atoms with Gasteiger partial charge in [-0.1, -0.05) is 36.4 Å². The van der Waals surface area contributed by atoms with Gasteiger partial charge in [0.1, 0.15) is 11.9 Å². The maximum absolute atomic E-state index is 12.4. The number of amides is 1. The molecule has 1 aromatic heterocycles. The second-order valence-electron chi connectivity index (χ2n) is 5.04. The molecule has 1 heterocycles. The van der Waals surface area contributed by atoms with Crippen LogP contribution in [0.2, 0.25) is 0 Å². The van der Waals surface area contributed by atoms with Crippen LogP contribution in [0.1, 0.15) is 18.7 Å². The van der Waals surface area contributed by atoms with Gasteiger partial charge in [0.2, 0.25) is 0 Å². The summed E-state index contributed by atoms with van der Waals surface area (Å²) in [5.41, 5.74) is 1.40. The van der Waals surface area contributed by atoms with E-state index in [1.54, 1.807) is 12.3 Å². The molecular weight excluding hydrogens is 290 g/mol. The van der Waals surface area contributed by atoms with E-state index in [-0.39, 0.29) is 12.1 Å². The number of para-hydroxylation sites is 2. The molecule has 1 N–H and O–H groups in total. The van der Waals surface area contributed by atoms with E-state index in [4.69, 9.17) is 4.74 Å². The van der Waals surface area contributed by atoms with Crippen molar-refractivity contribution in [3.05, 3.63) is 78.6 Å². The summed E-state index contributed by atoms with van der Waals surface area (Å²) >= 11 is 0. The van der Waals surface area contributed by atoms with Crippen LogP contribution in [-0.4, -0.2) is 15.8 Å². The van der Waals surface area contributed by atoms with Crippen LogP contribution in [0, 0.1) is 0 Å². The van der Waals surface area contributed by atoms with Crippen molar-refractivity contribution in [2.75, 3.05) is 5.32 Å². The SMILES string of the molecule is C[C@H](Oc1ccccc1)c1ccnn1C(=O)Nc1ccccc1. The monoisotopic (exact) mass is 307 g/mol. The molecule has 116 valence electrons. The van der Waals surface area contributed by atoms with Crippen LogP contribution < -0.4 is 10.1 Å². The Morgan fingerprint density at radius 2 is 1.70 bits per heavy atom. The molecule has 3 rings (SSSR count). The fraction of sp³-hybridized carbons (Fsp3) is 0.111. The molecule has 3 aromatic rings. The predicted octanol–water partition coefficient (Wildman–Crippen LogP) is 4.10. The number of nitrogens with zero attached hydrogens (tertiary/aromatic N) is 2. The number of carbonyl (C=O) groups is 1. The number of hydrogen-bond acceptors (Lipinski definition) is 3. The average Bonchev–Trinajstić information content (AvgIpc) is 3.06. The number of hydrogen-bond donors (Lipinski definition) is 1. The predicted molar refractivity (Wildman–Crippen MR) is 88.6 cm³/mol. The molecular formula is C18H17N3O2. The minimum absolute atomic E-state index is 0.304. The highest BCUT2D eigenvalue weighted by molar-refractivity contribution is 5.90. The largest absolute Gasteiger partial charge is 0.484 e. The van der Waals surface area contributed by atoms with Crippen molar-refractivity contribution in [1.29, 1.82) is 0 Å². The smallest absolute Gasteiger partial charge is 0.346 e. The van der Waals surface area contributed by atoms with Gasteiger partial charge in [0.15, 0.2) is 0 Å². The minimum Gasteiger partial charge on any atom is -0.484 e. The van der Waals surface area contributed by atoms with Gasteiger partial charge in [-0.2, -0.15) is 9.78 Å². The van der Waals surface area contributed by atoms with Gasteiger partial charge in [-0.3, -0.25) is 0 Å². The van der Waals surface area contributed by atoms with E-state index >= 15 is 0 Å². The van der Waals surface area contributed by atoms with Gasteiger partial charge < -0.3 is 10.1 Å². The Balaban J connectivity index is 1.75. The molecule has 0 spiro atoms. The van der Waals surface area contributed by atoms with E-state index in [9.17, 15) is 4.79 Å². The van der Waals surface area contributed by atoms with Gasteiger partial charge in [-0.25, -0.2) is 4.79 Å². The lowest BCUT2D eigenvalue weighted by Gasteiger charge is -2.16. The van der Waals surface area contributed by atoms with Crippen LogP contribution in [0.4, 0.5) is 10.5 Å². The molecule has 0 radical (unpaired) electrons. The van der Waals surface area contributed by atoms with E-state index in [1.165, 1.54) is 4.68 Å². The molecule has 1 atom stereocenters. The van der Waals surface area contributed by atoms with Crippen molar-refractivity contribution < 1.29 is 9.53 Å². The van der Waals surface area contributed by atoms with Crippen molar-refractivity contribution in [3.63, 3.8) is 0 Å². The maximum Gasteiger partial charge on any atom is 0.346 e. The highest BCUT2D eigenvalue weighted by atomic mass is 16.5. The Morgan fingerprint density at radius 3 is 2.39 bits per heavy atom. The number of rotatable bonds is 4. The summed E-state index contributed by atoms with van der Waals surface area (Å²) in [7, 11) is 0. The van der Waals surface area contributed by atoms with Crippen LogP contribution in [0.25, 0.3) is 0 Å². The Bertz CT molecular complexity index is 769. The molecule has 0 aliphatic rings. The molecule has 1 amide bonds. The molecule has 5 nitrogen and oxygen atoms in total. The van der Waals surface area contributed by atoms with Gasteiger partial charge >= 0.3 is 6.03 Å². The zero-order valence-electron chi connectivity index (χ0n) is 12.7. The molecule has 0 saturated heterocycles. The van der Waals surface area contributed by atoms with Crippen molar-refractivity contribution in [2.45, 2.75) is 13.0 Å². The average molecular weight is 307 g/mol. The number of ether oxygens (including phenoxy) is 1. The van der Waals surface area contributed by atoms with Crippen molar-refractivity contribution >= 4 is 11.7 Å². The van der Waals surface area contributed by atoms with Crippen molar-refractivity contribution in [3.8, 4) is 5.75 Å². The molecule has 2 aromatic carbocycles. The van der Waals surface area contributed by atoms with Crippen molar-refractivity contribution in [1.82, 2.24) is 9.78 Å². The van der Waals surface area contributed by atoms with Crippen LogP contribution >= 0.6 is 0 Å². The molecule has 23 heavy (non-hydrogen) atoms. The first kappa shape index (κ1) is 14.8. The molecule has 0 unspecified atom stereocenters. The molecule has 0 aliphatic heterocycles. The molecule has 0 fully saturated rings. The Labute approximate surface area is 134 Å². The van der Waals surface area contributed by atoms with Gasteiger partial charge in [0.25, 0.3) is 0 Å². The Kier molecular flexibility index (Phi) is 4.38. The summed E-state index contributed by atoms with van der Waals surface area (Å²) in [6.07, 6.45) is 1.28. The number of anilines is 1. The van der Waals surface area contributed by atoms with E-state index in [0.717, 1.165) is 11.4 Å². The Morgan fingerprint density at radius 1 is 1.04 bits per heavy atom. The fourth-order valence-electron chi connectivity index (χ4n) is 2.25. The zero-order chi connectivity index (χ0) is 16.1. The quantitative estimate of drug-likeness (QED) is 0.789. The number of nitrogens with one attached hydrogen (secondary N) is 1. The molecule has 5 heteroatoms. The fourth-order valence-corrected chi connectivity index (χ4v) is 2.25. The molecule has 0 bridgehead atoms.